The number of nitrogens with one attached hydrogen (secondary N) is 1. The molecule has 0 aliphatic carbocycles. The van der Waals surface area contributed by atoms with Gasteiger partial charge in [-0.25, -0.2) is 0 Å². The molecule has 0 aromatic carbocycles. The molecule has 10 heavy (non-hydrogen) atoms. The number of nitrogens with zero attached hydrogens (tertiary/aromatic N) is 1. The Labute approximate surface area is 62.8 Å². The molecule has 0 radical (unpaired) electrons. The van der Waals surface area contributed by atoms with Crippen LogP contribution in [0.4, 0.5) is 0 Å². The molecule has 0 unspecified atom stereocenters. The van der Waals surface area contributed by atoms with Gasteiger partial charge < -0.3 is 10.2 Å². The Bertz CT molecular complexity index is 99.8. The first-order valence-electron chi connectivity index (χ1n) is 3.33. The van der Waals surface area contributed by atoms with Crippen molar-refractivity contribution in [2.45, 2.75) is 20.8 Å². The predicted molar refractivity (Wildman–Crippen MR) is 44.8 cm³/mol. The van der Waals surface area contributed by atoms with Crippen molar-refractivity contribution in [1.29, 1.82) is 0 Å². The molecule has 0 saturated heterocycles. The summed E-state index contributed by atoms with van der Waals surface area (Å²) in [5, 5.41) is 6.12. The van der Waals surface area contributed by atoms with Crippen molar-refractivity contribution < 1.29 is 4.84 Å². The quantitative estimate of drug-likeness (QED) is 0.372. The molecule has 3 nitrogen and oxygen atoms in total. The lowest BCUT2D eigenvalue weighted by Gasteiger charge is -1.97. The van der Waals surface area contributed by atoms with E-state index in [9.17, 15) is 0 Å². The van der Waals surface area contributed by atoms with E-state index >= 15 is 0 Å². The summed E-state index contributed by atoms with van der Waals surface area (Å²) in [6, 6.07) is 0. The van der Waals surface area contributed by atoms with Crippen LogP contribution in [0.3, 0.4) is 0 Å². The molecule has 0 atom stereocenters. The van der Waals surface area contributed by atoms with Crippen molar-refractivity contribution in [3.05, 3.63) is 12.5 Å². The van der Waals surface area contributed by atoms with Crippen LogP contribution in [-0.4, -0.2) is 13.3 Å². The highest BCUT2D eigenvalue weighted by Crippen LogP contribution is 1.83. The molecule has 0 rings (SSSR count). The molecule has 3 heteroatoms. The Balaban J connectivity index is 0. The second-order valence-electron chi connectivity index (χ2n) is 1.13. The zero-order valence-electron chi connectivity index (χ0n) is 7.14. The summed E-state index contributed by atoms with van der Waals surface area (Å²) < 4.78 is 0. The average Bonchev–Trinajstić information content (AvgIpc) is 2.04. The Hall–Kier alpha value is -0.990. The number of oxime groups is 1. The third-order valence-corrected chi connectivity index (χ3v) is 0.547. The van der Waals surface area contributed by atoms with E-state index in [1.165, 1.54) is 0 Å². The van der Waals surface area contributed by atoms with Gasteiger partial charge in [-0.2, -0.15) is 0 Å². The summed E-state index contributed by atoms with van der Waals surface area (Å²) in [6.45, 7) is 9.23. The first-order valence-corrected chi connectivity index (χ1v) is 3.33. The summed E-state index contributed by atoms with van der Waals surface area (Å²) in [5.74, 6) is 0.447. The molecular weight excluding hydrogens is 128 g/mol. The van der Waals surface area contributed by atoms with Crippen molar-refractivity contribution in [2.75, 3.05) is 7.05 Å². The average molecular weight is 144 g/mol. The van der Waals surface area contributed by atoms with E-state index in [1.54, 1.807) is 20.2 Å². The molecule has 0 aromatic rings. The van der Waals surface area contributed by atoms with Crippen LogP contribution in [0.5, 0.6) is 0 Å². The topological polar surface area (TPSA) is 33.6 Å². The maximum Gasteiger partial charge on any atom is 0.215 e. The van der Waals surface area contributed by atoms with Crippen LogP contribution in [0.15, 0.2) is 17.6 Å². The van der Waals surface area contributed by atoms with Gasteiger partial charge in [-0.1, -0.05) is 19.0 Å². The van der Waals surface area contributed by atoms with Crippen LogP contribution in [0.1, 0.15) is 20.8 Å². The van der Waals surface area contributed by atoms with E-state index < -0.39 is 0 Å². The third kappa shape index (κ3) is 10.1. The Morgan fingerprint density at radius 1 is 1.60 bits per heavy atom. The fourth-order valence-electron chi connectivity index (χ4n) is 0.162. The van der Waals surface area contributed by atoms with E-state index in [-0.39, 0.29) is 0 Å². The van der Waals surface area contributed by atoms with Gasteiger partial charge >= 0.3 is 0 Å². The van der Waals surface area contributed by atoms with Crippen LogP contribution >= 0.6 is 0 Å². The lowest BCUT2D eigenvalue weighted by Crippen LogP contribution is -2.04. The van der Waals surface area contributed by atoms with E-state index in [2.05, 4.69) is 21.9 Å². The van der Waals surface area contributed by atoms with Gasteiger partial charge in [0, 0.05) is 13.3 Å². The second kappa shape index (κ2) is 10.9. The van der Waals surface area contributed by atoms with Crippen molar-refractivity contribution >= 4 is 6.21 Å². The number of hydrogen-bond acceptors (Lipinski definition) is 3. The molecule has 0 aliphatic rings. The molecule has 0 bridgehead atoms. The highest BCUT2D eigenvalue weighted by atomic mass is 16.6. The molecule has 60 valence electrons. The van der Waals surface area contributed by atoms with E-state index in [0.29, 0.717) is 5.88 Å². The smallest absolute Gasteiger partial charge is 0.215 e. The summed E-state index contributed by atoms with van der Waals surface area (Å²) >= 11 is 0. The lowest BCUT2D eigenvalue weighted by molar-refractivity contribution is 0.212. The number of hydrogen-bond donors (Lipinski definition) is 1. The molecule has 1 N–H and O–H groups in total. The van der Waals surface area contributed by atoms with Crippen molar-refractivity contribution in [3.63, 3.8) is 0 Å². The fourth-order valence-corrected chi connectivity index (χ4v) is 0.162. The van der Waals surface area contributed by atoms with E-state index in [4.69, 9.17) is 0 Å². The van der Waals surface area contributed by atoms with Gasteiger partial charge in [0.25, 0.3) is 0 Å². The van der Waals surface area contributed by atoms with Gasteiger partial charge in [0.1, 0.15) is 0 Å². The molecule has 0 aromatic heterocycles. The van der Waals surface area contributed by atoms with Crippen LogP contribution in [0, 0.1) is 0 Å². The molecule has 0 saturated carbocycles. The van der Waals surface area contributed by atoms with Crippen LogP contribution in [0.25, 0.3) is 0 Å². The Morgan fingerprint density at radius 3 is 2.40 bits per heavy atom. The van der Waals surface area contributed by atoms with Gasteiger partial charge in [0.15, 0.2) is 0 Å². The molecule has 0 fully saturated rings. The highest BCUT2D eigenvalue weighted by Gasteiger charge is 1.80. The minimum atomic E-state index is 0.447. The van der Waals surface area contributed by atoms with E-state index in [1.807, 2.05) is 13.8 Å². The zero-order chi connectivity index (χ0) is 8.41. The third-order valence-electron chi connectivity index (χ3n) is 0.547. The summed E-state index contributed by atoms with van der Waals surface area (Å²) in [7, 11) is 1.72. The zero-order valence-corrected chi connectivity index (χ0v) is 7.14. The van der Waals surface area contributed by atoms with Gasteiger partial charge in [0.05, 0.1) is 0 Å². The monoisotopic (exact) mass is 144 g/mol. The van der Waals surface area contributed by atoms with Crippen LogP contribution in [-0.2, 0) is 4.84 Å². The lowest BCUT2D eigenvalue weighted by atomic mass is 10.9. The Morgan fingerprint density at radius 2 is 2.10 bits per heavy atom. The van der Waals surface area contributed by atoms with Crippen LogP contribution < -0.4 is 5.32 Å². The normalized spacial score (nSPS) is 8.00. The SMILES string of the molecule is C=C(NC)O/N=C\C.CC. The first kappa shape index (κ1) is 11.8. The predicted octanol–water partition coefficient (Wildman–Crippen LogP) is 1.73. The van der Waals surface area contributed by atoms with Crippen LogP contribution in [0.2, 0.25) is 0 Å². The maximum atomic E-state index is 4.60. The van der Waals surface area contributed by atoms with Gasteiger partial charge in [-0.05, 0) is 13.5 Å². The van der Waals surface area contributed by atoms with Gasteiger partial charge in [-0.15, -0.1) is 0 Å². The van der Waals surface area contributed by atoms with Crippen molar-refractivity contribution in [1.82, 2.24) is 5.32 Å². The van der Waals surface area contributed by atoms with Gasteiger partial charge in [0.2, 0.25) is 5.88 Å². The minimum absolute atomic E-state index is 0.447. The standard InChI is InChI=1S/C5H10N2O.C2H6/c1-4-7-8-5(2)6-3;1-2/h4,6H,2H2,1,3H3;1-2H3/b7-4-;. The largest absolute Gasteiger partial charge is 0.358 e. The van der Waals surface area contributed by atoms with Crippen molar-refractivity contribution in [2.24, 2.45) is 5.16 Å². The van der Waals surface area contributed by atoms with Gasteiger partial charge in [-0.3, -0.25) is 0 Å². The summed E-state index contributed by atoms with van der Waals surface area (Å²) in [6.07, 6.45) is 1.54. The molecule has 0 amide bonds. The fraction of sp³-hybridized carbons (Fsp3) is 0.571. The second-order valence-corrected chi connectivity index (χ2v) is 1.13. The molecule has 0 spiro atoms. The first-order chi connectivity index (χ1) is 4.81. The highest BCUT2D eigenvalue weighted by molar-refractivity contribution is 5.52. The minimum Gasteiger partial charge on any atom is -0.358 e. The Kier molecular flexibility index (Phi) is 12.8. The maximum absolute atomic E-state index is 4.60. The number of rotatable bonds is 3. The van der Waals surface area contributed by atoms with E-state index in [0.717, 1.165) is 0 Å². The summed E-state index contributed by atoms with van der Waals surface area (Å²) in [4.78, 5) is 4.60. The molecule has 0 aliphatic heterocycles. The molecule has 0 heterocycles. The van der Waals surface area contributed by atoms with Crippen molar-refractivity contribution in [3.8, 4) is 0 Å². The molecular formula is C7H16N2O. The summed E-state index contributed by atoms with van der Waals surface area (Å²) in [5.41, 5.74) is 0.